The van der Waals surface area contributed by atoms with Crippen molar-refractivity contribution in [2.75, 3.05) is 4.90 Å². The molecule has 0 radical (unpaired) electrons. The molecule has 1 saturated heterocycles. The lowest BCUT2D eigenvalue weighted by molar-refractivity contribution is -0.122. The molecule has 1 aliphatic carbocycles. The Morgan fingerprint density at radius 2 is 1.81 bits per heavy atom. The first-order chi connectivity index (χ1) is 10.1. The van der Waals surface area contributed by atoms with Gasteiger partial charge in [-0.15, -0.1) is 11.3 Å². The van der Waals surface area contributed by atoms with E-state index in [0.717, 1.165) is 35.9 Å². The van der Waals surface area contributed by atoms with Crippen LogP contribution in [0.4, 0.5) is 5.69 Å². The van der Waals surface area contributed by atoms with E-state index < -0.39 is 0 Å². The second kappa shape index (κ2) is 4.74. The van der Waals surface area contributed by atoms with Crippen molar-refractivity contribution >= 4 is 51.3 Å². The molecule has 21 heavy (non-hydrogen) atoms. The molecule has 2 unspecified atom stereocenters. The number of anilines is 1. The topological polar surface area (TPSA) is 53.2 Å². The summed E-state index contributed by atoms with van der Waals surface area (Å²) in [5.41, 5.74) is 1.63. The number of thiazole rings is 1. The van der Waals surface area contributed by atoms with Crippen LogP contribution in [0.25, 0.3) is 10.2 Å². The number of hydrogen-bond acceptors (Lipinski definition) is 4. The van der Waals surface area contributed by atoms with Crippen LogP contribution in [-0.2, 0) is 9.59 Å². The van der Waals surface area contributed by atoms with Crippen LogP contribution in [0, 0.1) is 15.8 Å². The molecule has 2 atom stereocenters. The zero-order chi connectivity index (χ0) is 14.6. The second-order valence-electron chi connectivity index (χ2n) is 5.70. The summed E-state index contributed by atoms with van der Waals surface area (Å²) in [6.07, 6.45) is 3.78. The summed E-state index contributed by atoms with van der Waals surface area (Å²) >= 11 is 6.60. The maximum absolute atomic E-state index is 12.6. The van der Waals surface area contributed by atoms with Crippen molar-refractivity contribution in [3.8, 4) is 0 Å². The molecule has 2 fully saturated rings. The van der Waals surface area contributed by atoms with E-state index >= 15 is 0 Å². The van der Waals surface area contributed by atoms with Crippen molar-refractivity contribution in [2.45, 2.75) is 25.7 Å². The first kappa shape index (κ1) is 13.2. The van der Waals surface area contributed by atoms with E-state index in [1.54, 1.807) is 0 Å². The number of fused-ring (bicyclic) bond motifs is 2. The van der Waals surface area contributed by atoms with Crippen LogP contribution >= 0.6 is 23.6 Å². The number of aromatic nitrogens is 1. The SMILES string of the molecule is O=C1C2CCCCC2C(=O)N1c1ccc2[nH]c(=S)sc2c1. The van der Waals surface area contributed by atoms with Gasteiger partial charge >= 0.3 is 0 Å². The molecular weight excluding hydrogens is 304 g/mol. The van der Waals surface area contributed by atoms with Crippen LogP contribution in [0.5, 0.6) is 0 Å². The first-order valence-electron chi connectivity index (χ1n) is 7.16. The van der Waals surface area contributed by atoms with E-state index in [1.165, 1.54) is 16.2 Å². The predicted molar refractivity (Wildman–Crippen MR) is 85.0 cm³/mol. The average molecular weight is 318 g/mol. The number of benzene rings is 1. The van der Waals surface area contributed by atoms with E-state index in [-0.39, 0.29) is 23.7 Å². The van der Waals surface area contributed by atoms with Gasteiger partial charge < -0.3 is 4.98 Å². The molecule has 4 rings (SSSR count). The van der Waals surface area contributed by atoms with Crippen LogP contribution in [0.2, 0.25) is 0 Å². The molecule has 2 aliphatic rings. The molecule has 6 heteroatoms. The van der Waals surface area contributed by atoms with Crippen LogP contribution in [0.15, 0.2) is 18.2 Å². The third kappa shape index (κ3) is 1.97. The fraction of sp³-hybridized carbons (Fsp3) is 0.400. The van der Waals surface area contributed by atoms with Gasteiger partial charge in [-0.05, 0) is 43.3 Å². The van der Waals surface area contributed by atoms with E-state index in [9.17, 15) is 9.59 Å². The first-order valence-corrected chi connectivity index (χ1v) is 8.38. The Morgan fingerprint density at radius 1 is 1.14 bits per heavy atom. The molecule has 2 heterocycles. The summed E-state index contributed by atoms with van der Waals surface area (Å²) in [7, 11) is 0. The van der Waals surface area contributed by atoms with Gasteiger partial charge in [-0.3, -0.25) is 14.5 Å². The number of aromatic amines is 1. The Bertz CT molecular complexity index is 783. The van der Waals surface area contributed by atoms with Gasteiger partial charge in [0.25, 0.3) is 0 Å². The van der Waals surface area contributed by atoms with Gasteiger partial charge in [-0.2, -0.15) is 0 Å². The van der Waals surface area contributed by atoms with Crippen molar-refractivity contribution in [2.24, 2.45) is 11.8 Å². The third-order valence-electron chi connectivity index (χ3n) is 4.50. The number of H-pyrrole nitrogens is 1. The van der Waals surface area contributed by atoms with Gasteiger partial charge in [-0.25, -0.2) is 0 Å². The van der Waals surface area contributed by atoms with Gasteiger partial charge in [0, 0.05) is 0 Å². The number of hydrogen-bond donors (Lipinski definition) is 1. The number of nitrogens with zero attached hydrogens (tertiary/aromatic N) is 1. The molecule has 1 aliphatic heterocycles. The Labute approximate surface area is 130 Å². The third-order valence-corrected chi connectivity index (χ3v) is 5.70. The normalized spacial score (nSPS) is 25.6. The summed E-state index contributed by atoms with van der Waals surface area (Å²) in [5.74, 6) is -0.260. The van der Waals surface area contributed by atoms with E-state index in [4.69, 9.17) is 12.2 Å². The van der Waals surface area contributed by atoms with Gasteiger partial charge in [0.15, 0.2) is 3.95 Å². The fourth-order valence-electron chi connectivity index (χ4n) is 3.49. The maximum Gasteiger partial charge on any atom is 0.237 e. The lowest BCUT2D eigenvalue weighted by Crippen LogP contribution is -2.30. The number of carbonyl (C=O) groups excluding carboxylic acids is 2. The minimum absolute atomic E-state index is 0.0248. The fourth-order valence-corrected chi connectivity index (χ4v) is 4.64. The summed E-state index contributed by atoms with van der Waals surface area (Å²) in [6.45, 7) is 0. The summed E-state index contributed by atoms with van der Waals surface area (Å²) in [4.78, 5) is 29.6. The molecule has 2 aromatic rings. The average Bonchev–Trinajstić information content (AvgIpc) is 2.97. The second-order valence-corrected chi connectivity index (χ2v) is 7.42. The Morgan fingerprint density at radius 3 is 2.48 bits per heavy atom. The largest absolute Gasteiger partial charge is 0.337 e. The van der Waals surface area contributed by atoms with Gasteiger partial charge in [0.1, 0.15) is 0 Å². The standard InChI is InChI=1S/C15H14N2O2S2/c18-13-9-3-1-2-4-10(9)14(19)17(13)8-5-6-11-12(7-8)21-15(20)16-11/h5-7,9-10H,1-4H2,(H,16,20). The molecule has 4 nitrogen and oxygen atoms in total. The zero-order valence-electron chi connectivity index (χ0n) is 11.3. The smallest absolute Gasteiger partial charge is 0.237 e. The van der Waals surface area contributed by atoms with Crippen molar-refractivity contribution in [3.05, 3.63) is 22.2 Å². The van der Waals surface area contributed by atoms with E-state index in [1.807, 2.05) is 18.2 Å². The number of amides is 2. The number of carbonyl (C=O) groups is 2. The molecule has 108 valence electrons. The zero-order valence-corrected chi connectivity index (χ0v) is 12.9. The number of rotatable bonds is 1. The molecule has 0 bridgehead atoms. The quantitative estimate of drug-likeness (QED) is 0.645. The maximum atomic E-state index is 12.6. The number of nitrogens with one attached hydrogen (secondary N) is 1. The highest BCUT2D eigenvalue weighted by Gasteiger charge is 2.48. The van der Waals surface area contributed by atoms with Gasteiger partial charge in [0.2, 0.25) is 11.8 Å². The minimum atomic E-state index is -0.105. The Hall–Kier alpha value is -1.53. The Balaban J connectivity index is 1.78. The molecule has 1 aromatic carbocycles. The highest BCUT2D eigenvalue weighted by atomic mass is 32.1. The predicted octanol–water partition coefficient (Wildman–Crippen LogP) is 3.64. The highest BCUT2D eigenvalue weighted by Crippen LogP contribution is 2.40. The monoisotopic (exact) mass is 318 g/mol. The van der Waals surface area contributed by atoms with E-state index in [2.05, 4.69) is 4.98 Å². The van der Waals surface area contributed by atoms with Crippen molar-refractivity contribution < 1.29 is 9.59 Å². The molecule has 1 N–H and O–H groups in total. The molecule has 1 saturated carbocycles. The summed E-state index contributed by atoms with van der Waals surface area (Å²) in [6, 6.07) is 5.60. The van der Waals surface area contributed by atoms with E-state index in [0.29, 0.717) is 9.64 Å². The summed E-state index contributed by atoms with van der Waals surface area (Å²) < 4.78 is 1.68. The van der Waals surface area contributed by atoms with Crippen LogP contribution in [0.3, 0.4) is 0 Å². The molecule has 2 amide bonds. The lowest BCUT2D eigenvalue weighted by atomic mass is 9.81. The minimum Gasteiger partial charge on any atom is -0.337 e. The van der Waals surface area contributed by atoms with Gasteiger partial charge in [0.05, 0.1) is 27.7 Å². The van der Waals surface area contributed by atoms with Crippen molar-refractivity contribution in [1.29, 1.82) is 0 Å². The lowest BCUT2D eigenvalue weighted by Gasteiger charge is -2.19. The van der Waals surface area contributed by atoms with Crippen LogP contribution in [-0.4, -0.2) is 16.8 Å². The number of imide groups is 1. The van der Waals surface area contributed by atoms with Crippen molar-refractivity contribution in [1.82, 2.24) is 4.98 Å². The highest BCUT2D eigenvalue weighted by molar-refractivity contribution is 7.73. The van der Waals surface area contributed by atoms with Gasteiger partial charge in [-0.1, -0.05) is 12.8 Å². The molecular formula is C15H14N2O2S2. The van der Waals surface area contributed by atoms with Crippen LogP contribution in [0.1, 0.15) is 25.7 Å². The Kier molecular flexibility index (Phi) is 2.97. The molecule has 1 aromatic heterocycles. The summed E-state index contributed by atoms with van der Waals surface area (Å²) in [5, 5.41) is 0. The van der Waals surface area contributed by atoms with Crippen LogP contribution < -0.4 is 4.90 Å². The molecule has 0 spiro atoms. The van der Waals surface area contributed by atoms with Crippen molar-refractivity contribution in [3.63, 3.8) is 0 Å².